The zero-order valence-electron chi connectivity index (χ0n) is 6.63. The van der Waals surface area contributed by atoms with E-state index in [1.165, 1.54) is 5.57 Å². The van der Waals surface area contributed by atoms with Crippen LogP contribution in [-0.2, 0) is 4.79 Å². The monoisotopic (exact) mass is 149 g/mol. The minimum atomic E-state index is 0.226. The van der Waals surface area contributed by atoms with E-state index < -0.39 is 0 Å². The van der Waals surface area contributed by atoms with E-state index in [1.807, 2.05) is 7.05 Å². The van der Waals surface area contributed by atoms with Gasteiger partial charge in [-0.25, -0.2) is 0 Å². The number of amides is 1. The van der Waals surface area contributed by atoms with Crippen molar-refractivity contribution in [2.45, 2.75) is 12.8 Å². The minimum Gasteiger partial charge on any atom is -0.338 e. The number of rotatable bonds is 0. The number of carbonyl (C=O) groups excluding carboxylic acids is 1. The summed E-state index contributed by atoms with van der Waals surface area (Å²) < 4.78 is 0. The van der Waals surface area contributed by atoms with Gasteiger partial charge in [0.25, 0.3) is 0 Å². The summed E-state index contributed by atoms with van der Waals surface area (Å²) in [6, 6.07) is 0. The highest BCUT2D eigenvalue weighted by Gasteiger charge is 2.26. The summed E-state index contributed by atoms with van der Waals surface area (Å²) in [5.74, 6) is 0.226. The first-order chi connectivity index (χ1) is 5.29. The third kappa shape index (κ3) is 0.897. The van der Waals surface area contributed by atoms with Crippen molar-refractivity contribution in [3.05, 3.63) is 23.3 Å². The summed E-state index contributed by atoms with van der Waals surface area (Å²) >= 11 is 0. The molecule has 0 fully saturated rings. The molecule has 0 bridgehead atoms. The normalized spacial score (nSPS) is 23.0. The number of hydrogen-bond acceptors (Lipinski definition) is 1. The molecule has 1 aliphatic heterocycles. The number of allylic oxidation sites excluding steroid dienone is 1. The second-order valence-electron chi connectivity index (χ2n) is 3.11. The lowest BCUT2D eigenvalue weighted by Crippen LogP contribution is -2.21. The van der Waals surface area contributed by atoms with Crippen LogP contribution in [0.15, 0.2) is 23.3 Å². The summed E-state index contributed by atoms with van der Waals surface area (Å²) in [5, 5.41) is 0. The van der Waals surface area contributed by atoms with Crippen LogP contribution in [0.1, 0.15) is 12.8 Å². The summed E-state index contributed by atoms with van der Waals surface area (Å²) in [6.45, 7) is 0.810. The van der Waals surface area contributed by atoms with E-state index in [-0.39, 0.29) is 5.91 Å². The lowest BCUT2D eigenvalue weighted by atomic mass is 10.0. The molecule has 0 atom stereocenters. The molecule has 0 N–H and O–H groups in total. The molecule has 11 heavy (non-hydrogen) atoms. The fraction of sp³-hybridized carbons (Fsp3) is 0.444. The van der Waals surface area contributed by atoms with Crippen LogP contribution in [0, 0.1) is 0 Å². The quantitative estimate of drug-likeness (QED) is 0.505. The summed E-state index contributed by atoms with van der Waals surface area (Å²) in [6.07, 6.45) is 6.19. The van der Waals surface area contributed by atoms with Gasteiger partial charge in [0.2, 0.25) is 5.91 Å². The largest absolute Gasteiger partial charge is 0.338 e. The summed E-state index contributed by atoms with van der Waals surface area (Å²) in [5.41, 5.74) is 2.26. The van der Waals surface area contributed by atoms with Crippen LogP contribution in [0.4, 0.5) is 0 Å². The van der Waals surface area contributed by atoms with Crippen LogP contribution in [0.3, 0.4) is 0 Å². The number of nitrogens with zero attached hydrogens (tertiary/aromatic N) is 1. The van der Waals surface area contributed by atoms with Gasteiger partial charge >= 0.3 is 0 Å². The highest BCUT2D eigenvalue weighted by Crippen LogP contribution is 2.26. The fourth-order valence-corrected chi connectivity index (χ4v) is 1.66. The maximum absolute atomic E-state index is 11.4. The van der Waals surface area contributed by atoms with Crippen LogP contribution in [0.5, 0.6) is 0 Å². The van der Waals surface area contributed by atoms with Gasteiger partial charge in [-0.2, -0.15) is 0 Å². The Morgan fingerprint density at radius 2 is 2.36 bits per heavy atom. The molecule has 0 aromatic rings. The number of likely N-dealkylation sites (N-methyl/N-ethyl adjacent to an activating group) is 1. The third-order valence-corrected chi connectivity index (χ3v) is 2.28. The average molecular weight is 149 g/mol. The first kappa shape index (κ1) is 6.65. The van der Waals surface area contributed by atoms with Gasteiger partial charge in [-0.05, 0) is 18.4 Å². The first-order valence-corrected chi connectivity index (χ1v) is 3.93. The van der Waals surface area contributed by atoms with E-state index in [4.69, 9.17) is 0 Å². The van der Waals surface area contributed by atoms with Gasteiger partial charge < -0.3 is 4.90 Å². The second kappa shape index (κ2) is 2.22. The van der Waals surface area contributed by atoms with E-state index in [0.29, 0.717) is 0 Å². The van der Waals surface area contributed by atoms with E-state index in [1.54, 1.807) is 4.90 Å². The molecule has 0 saturated carbocycles. The predicted octanol–water partition coefficient (Wildman–Crippen LogP) is 1.10. The predicted molar refractivity (Wildman–Crippen MR) is 43.0 cm³/mol. The van der Waals surface area contributed by atoms with E-state index in [0.717, 1.165) is 25.0 Å². The van der Waals surface area contributed by atoms with Crippen LogP contribution in [-0.4, -0.2) is 24.4 Å². The lowest BCUT2D eigenvalue weighted by Gasteiger charge is -2.06. The molecule has 0 spiro atoms. The van der Waals surface area contributed by atoms with Gasteiger partial charge in [-0.15, -0.1) is 0 Å². The Morgan fingerprint density at radius 1 is 1.55 bits per heavy atom. The molecule has 1 heterocycles. The molecule has 0 unspecified atom stereocenters. The molecule has 1 amide bonds. The highest BCUT2D eigenvalue weighted by atomic mass is 16.2. The Morgan fingerprint density at radius 3 is 3.09 bits per heavy atom. The highest BCUT2D eigenvalue weighted by molar-refractivity contribution is 5.97. The fourth-order valence-electron chi connectivity index (χ4n) is 1.66. The van der Waals surface area contributed by atoms with Crippen molar-refractivity contribution in [3.8, 4) is 0 Å². The minimum absolute atomic E-state index is 0.226. The molecule has 0 saturated heterocycles. The summed E-state index contributed by atoms with van der Waals surface area (Å²) in [4.78, 5) is 13.2. The number of hydrogen-bond donors (Lipinski definition) is 0. The van der Waals surface area contributed by atoms with Gasteiger partial charge in [0.05, 0.1) is 0 Å². The van der Waals surface area contributed by atoms with Crippen LogP contribution < -0.4 is 0 Å². The lowest BCUT2D eigenvalue weighted by molar-refractivity contribution is -0.124. The topological polar surface area (TPSA) is 20.3 Å². The second-order valence-corrected chi connectivity index (χ2v) is 3.11. The zero-order valence-corrected chi connectivity index (χ0v) is 6.63. The van der Waals surface area contributed by atoms with E-state index in [2.05, 4.69) is 12.2 Å². The Hall–Kier alpha value is -1.05. The molecule has 2 aliphatic rings. The molecule has 58 valence electrons. The van der Waals surface area contributed by atoms with Crippen molar-refractivity contribution < 1.29 is 4.79 Å². The van der Waals surface area contributed by atoms with Gasteiger partial charge in [0.1, 0.15) is 0 Å². The van der Waals surface area contributed by atoms with Crippen molar-refractivity contribution in [1.29, 1.82) is 0 Å². The molecule has 0 radical (unpaired) electrons. The molecule has 0 aromatic heterocycles. The molecular weight excluding hydrogens is 138 g/mol. The van der Waals surface area contributed by atoms with Crippen molar-refractivity contribution in [2.24, 2.45) is 0 Å². The first-order valence-electron chi connectivity index (χ1n) is 3.93. The molecule has 1 aliphatic carbocycles. The van der Waals surface area contributed by atoms with Crippen LogP contribution in [0.25, 0.3) is 0 Å². The van der Waals surface area contributed by atoms with Gasteiger partial charge in [0.15, 0.2) is 0 Å². The SMILES string of the molecule is CN1CC2=C(CCC=C2)C1=O. The van der Waals surface area contributed by atoms with Crippen molar-refractivity contribution >= 4 is 5.91 Å². The molecular formula is C9H11NO. The molecule has 2 heteroatoms. The summed E-state index contributed by atoms with van der Waals surface area (Å²) in [7, 11) is 1.86. The smallest absolute Gasteiger partial charge is 0.250 e. The Balaban J connectivity index is 2.35. The molecule has 2 nitrogen and oxygen atoms in total. The molecule has 2 rings (SSSR count). The zero-order chi connectivity index (χ0) is 7.84. The maximum Gasteiger partial charge on any atom is 0.250 e. The van der Waals surface area contributed by atoms with Crippen molar-refractivity contribution in [3.63, 3.8) is 0 Å². The number of carbonyl (C=O) groups is 1. The van der Waals surface area contributed by atoms with Crippen molar-refractivity contribution in [2.75, 3.05) is 13.6 Å². The van der Waals surface area contributed by atoms with Gasteiger partial charge in [-0.3, -0.25) is 4.79 Å². The van der Waals surface area contributed by atoms with Crippen LogP contribution >= 0.6 is 0 Å². The Labute approximate surface area is 66.2 Å². The molecule has 0 aromatic carbocycles. The van der Waals surface area contributed by atoms with E-state index >= 15 is 0 Å². The van der Waals surface area contributed by atoms with E-state index in [9.17, 15) is 4.79 Å². The standard InChI is InChI=1S/C9H11NO/c1-10-6-7-4-2-3-5-8(7)9(10)11/h2,4H,3,5-6H2,1H3. The Bertz CT molecular complexity index is 263. The third-order valence-electron chi connectivity index (χ3n) is 2.28. The van der Waals surface area contributed by atoms with Crippen LogP contribution in [0.2, 0.25) is 0 Å². The average Bonchev–Trinajstić information content (AvgIpc) is 2.30. The van der Waals surface area contributed by atoms with Gasteiger partial charge in [0, 0.05) is 19.2 Å². The maximum atomic E-state index is 11.4. The Kier molecular flexibility index (Phi) is 1.34. The van der Waals surface area contributed by atoms with Gasteiger partial charge in [-0.1, -0.05) is 12.2 Å². The van der Waals surface area contributed by atoms with Crippen molar-refractivity contribution in [1.82, 2.24) is 4.90 Å².